The van der Waals surface area contributed by atoms with E-state index < -0.39 is 0 Å². The molecule has 2 N–H and O–H groups in total. The van der Waals surface area contributed by atoms with Gasteiger partial charge in [0, 0.05) is 29.9 Å². The SMILES string of the molecule is C#Cc1cccc(NC(=O)C(C)=C2CNC2)c1. The molecule has 1 amide bonds. The number of anilines is 1. The van der Waals surface area contributed by atoms with E-state index in [9.17, 15) is 4.79 Å². The molecule has 0 bridgehead atoms. The van der Waals surface area contributed by atoms with Crippen molar-refractivity contribution >= 4 is 11.6 Å². The summed E-state index contributed by atoms with van der Waals surface area (Å²) < 4.78 is 0. The van der Waals surface area contributed by atoms with Crippen LogP contribution in [0.15, 0.2) is 35.4 Å². The molecule has 1 aromatic rings. The Kier molecular flexibility index (Phi) is 3.27. The molecular formula is C14H14N2O. The fourth-order valence-corrected chi connectivity index (χ4v) is 1.59. The van der Waals surface area contributed by atoms with Crippen LogP contribution in [0, 0.1) is 12.3 Å². The Morgan fingerprint density at radius 2 is 2.24 bits per heavy atom. The zero-order valence-corrected chi connectivity index (χ0v) is 9.71. The fraction of sp³-hybridized carbons (Fsp3) is 0.214. The normalized spacial score (nSPS) is 13.5. The highest BCUT2D eigenvalue weighted by molar-refractivity contribution is 6.04. The van der Waals surface area contributed by atoms with Gasteiger partial charge in [-0.2, -0.15) is 0 Å². The first-order valence-corrected chi connectivity index (χ1v) is 5.48. The first-order valence-electron chi connectivity index (χ1n) is 5.48. The summed E-state index contributed by atoms with van der Waals surface area (Å²) in [4.78, 5) is 11.9. The average Bonchev–Trinajstić information content (AvgIpc) is 2.27. The van der Waals surface area contributed by atoms with E-state index >= 15 is 0 Å². The molecule has 1 aliphatic heterocycles. The van der Waals surface area contributed by atoms with Gasteiger partial charge in [0.1, 0.15) is 0 Å². The Morgan fingerprint density at radius 1 is 1.47 bits per heavy atom. The Balaban J connectivity index is 2.10. The Hall–Kier alpha value is -2.05. The third kappa shape index (κ3) is 2.55. The summed E-state index contributed by atoms with van der Waals surface area (Å²) in [6, 6.07) is 7.28. The molecule has 1 aliphatic rings. The number of carbonyl (C=O) groups is 1. The molecule has 0 aromatic heterocycles. The lowest BCUT2D eigenvalue weighted by atomic mass is 10.0. The van der Waals surface area contributed by atoms with Crippen LogP contribution in [0.4, 0.5) is 5.69 Å². The van der Waals surface area contributed by atoms with Gasteiger partial charge in [-0.1, -0.05) is 12.0 Å². The number of nitrogens with one attached hydrogen (secondary N) is 2. The van der Waals surface area contributed by atoms with Gasteiger partial charge in [-0.15, -0.1) is 6.42 Å². The van der Waals surface area contributed by atoms with Crippen LogP contribution >= 0.6 is 0 Å². The second-order valence-electron chi connectivity index (χ2n) is 4.01. The first kappa shape index (κ1) is 11.4. The summed E-state index contributed by atoms with van der Waals surface area (Å²) in [6.45, 7) is 3.46. The molecule has 0 spiro atoms. The number of benzene rings is 1. The van der Waals surface area contributed by atoms with Crippen LogP contribution in [0.5, 0.6) is 0 Å². The molecule has 0 saturated carbocycles. The number of terminal acetylenes is 1. The van der Waals surface area contributed by atoms with Crippen LogP contribution in [-0.2, 0) is 4.79 Å². The number of hydrogen-bond donors (Lipinski definition) is 2. The number of carbonyl (C=O) groups excluding carboxylic acids is 1. The van der Waals surface area contributed by atoms with E-state index in [1.807, 2.05) is 25.1 Å². The lowest BCUT2D eigenvalue weighted by Gasteiger charge is -2.21. The van der Waals surface area contributed by atoms with E-state index in [2.05, 4.69) is 16.6 Å². The molecule has 86 valence electrons. The average molecular weight is 226 g/mol. The van der Waals surface area contributed by atoms with Crippen molar-refractivity contribution in [2.45, 2.75) is 6.92 Å². The van der Waals surface area contributed by atoms with Gasteiger partial charge in [-0.05, 0) is 30.7 Å². The molecular weight excluding hydrogens is 212 g/mol. The van der Waals surface area contributed by atoms with Crippen molar-refractivity contribution in [1.82, 2.24) is 5.32 Å². The lowest BCUT2D eigenvalue weighted by molar-refractivity contribution is -0.112. The van der Waals surface area contributed by atoms with Gasteiger partial charge in [0.25, 0.3) is 5.91 Å². The monoisotopic (exact) mass is 226 g/mol. The highest BCUT2D eigenvalue weighted by Gasteiger charge is 2.15. The van der Waals surface area contributed by atoms with E-state index in [4.69, 9.17) is 6.42 Å². The van der Waals surface area contributed by atoms with Gasteiger partial charge in [-0.25, -0.2) is 0 Å². The molecule has 0 radical (unpaired) electrons. The van der Waals surface area contributed by atoms with Crippen molar-refractivity contribution in [3.05, 3.63) is 41.0 Å². The Bertz CT molecular complexity index is 517. The third-order valence-corrected chi connectivity index (χ3v) is 2.83. The van der Waals surface area contributed by atoms with Crippen LogP contribution in [0.1, 0.15) is 12.5 Å². The summed E-state index contributed by atoms with van der Waals surface area (Å²) in [5.41, 5.74) is 3.45. The highest BCUT2D eigenvalue weighted by atomic mass is 16.1. The second-order valence-corrected chi connectivity index (χ2v) is 4.01. The Labute approximate surface area is 101 Å². The number of hydrogen-bond acceptors (Lipinski definition) is 2. The van der Waals surface area contributed by atoms with Gasteiger partial charge in [-0.3, -0.25) is 4.79 Å². The van der Waals surface area contributed by atoms with E-state index in [0.717, 1.165) is 35.5 Å². The Morgan fingerprint density at radius 3 is 2.82 bits per heavy atom. The molecule has 3 nitrogen and oxygen atoms in total. The fourth-order valence-electron chi connectivity index (χ4n) is 1.59. The summed E-state index contributed by atoms with van der Waals surface area (Å²) in [7, 11) is 0. The summed E-state index contributed by atoms with van der Waals surface area (Å²) in [5.74, 6) is 2.48. The van der Waals surface area contributed by atoms with Gasteiger partial charge in [0.05, 0.1) is 0 Å². The van der Waals surface area contributed by atoms with Gasteiger partial charge >= 0.3 is 0 Å². The zero-order chi connectivity index (χ0) is 12.3. The van der Waals surface area contributed by atoms with E-state index in [1.165, 1.54) is 0 Å². The summed E-state index contributed by atoms with van der Waals surface area (Å²) >= 11 is 0. The maximum atomic E-state index is 11.9. The largest absolute Gasteiger partial charge is 0.322 e. The minimum absolute atomic E-state index is 0.0596. The summed E-state index contributed by atoms with van der Waals surface area (Å²) in [5, 5.41) is 5.96. The van der Waals surface area contributed by atoms with Crippen molar-refractivity contribution in [3.8, 4) is 12.3 Å². The van der Waals surface area contributed by atoms with Gasteiger partial charge < -0.3 is 10.6 Å². The van der Waals surface area contributed by atoms with Crippen LogP contribution in [0.2, 0.25) is 0 Å². The van der Waals surface area contributed by atoms with Gasteiger partial charge in [0.2, 0.25) is 0 Å². The maximum absolute atomic E-state index is 11.9. The molecule has 17 heavy (non-hydrogen) atoms. The van der Waals surface area contributed by atoms with E-state index in [1.54, 1.807) is 6.07 Å². The first-order chi connectivity index (χ1) is 8.20. The second kappa shape index (κ2) is 4.86. The summed E-state index contributed by atoms with van der Waals surface area (Å²) in [6.07, 6.45) is 5.31. The van der Waals surface area contributed by atoms with Crippen LogP contribution in [-0.4, -0.2) is 19.0 Å². The van der Waals surface area contributed by atoms with Crippen LogP contribution in [0.3, 0.4) is 0 Å². The van der Waals surface area contributed by atoms with Crippen LogP contribution < -0.4 is 10.6 Å². The molecule has 0 atom stereocenters. The number of amides is 1. The maximum Gasteiger partial charge on any atom is 0.251 e. The van der Waals surface area contributed by atoms with Gasteiger partial charge in [0.15, 0.2) is 0 Å². The third-order valence-electron chi connectivity index (χ3n) is 2.83. The lowest BCUT2D eigenvalue weighted by Crippen LogP contribution is -2.36. The van der Waals surface area contributed by atoms with Crippen molar-refractivity contribution in [3.63, 3.8) is 0 Å². The molecule has 0 unspecified atom stereocenters. The highest BCUT2D eigenvalue weighted by Crippen LogP contribution is 2.14. The van der Waals surface area contributed by atoms with Crippen molar-refractivity contribution in [2.75, 3.05) is 18.4 Å². The predicted molar refractivity (Wildman–Crippen MR) is 68.6 cm³/mol. The molecule has 1 saturated heterocycles. The quantitative estimate of drug-likeness (QED) is 0.593. The van der Waals surface area contributed by atoms with Crippen LogP contribution in [0.25, 0.3) is 0 Å². The molecule has 3 heteroatoms. The number of rotatable bonds is 2. The predicted octanol–water partition coefficient (Wildman–Crippen LogP) is 1.53. The molecule has 1 aromatic carbocycles. The van der Waals surface area contributed by atoms with Crippen molar-refractivity contribution in [2.24, 2.45) is 0 Å². The van der Waals surface area contributed by atoms with Crippen molar-refractivity contribution in [1.29, 1.82) is 0 Å². The van der Waals surface area contributed by atoms with E-state index in [-0.39, 0.29) is 5.91 Å². The van der Waals surface area contributed by atoms with Crippen molar-refractivity contribution < 1.29 is 4.79 Å². The molecule has 2 rings (SSSR count). The smallest absolute Gasteiger partial charge is 0.251 e. The standard InChI is InChI=1S/C14H14N2O/c1-3-11-5-4-6-13(7-11)16-14(17)10(2)12-8-15-9-12/h1,4-7,15H,8-9H2,2H3,(H,16,17). The minimum atomic E-state index is -0.0596. The molecule has 1 heterocycles. The zero-order valence-electron chi connectivity index (χ0n) is 9.71. The minimum Gasteiger partial charge on any atom is -0.322 e. The molecule has 0 aliphatic carbocycles. The van der Waals surface area contributed by atoms with E-state index in [0.29, 0.717) is 0 Å². The molecule has 1 fully saturated rings. The topological polar surface area (TPSA) is 41.1 Å².